The molecule has 6 nitrogen and oxygen atoms in total. The summed E-state index contributed by atoms with van der Waals surface area (Å²) in [6.45, 7) is 4.49. The summed E-state index contributed by atoms with van der Waals surface area (Å²) < 4.78 is 0. The smallest absolute Gasteiger partial charge is 0.162 e. The Balaban J connectivity index is 3.15. The molecule has 0 fully saturated rings. The van der Waals surface area contributed by atoms with Crippen molar-refractivity contribution in [1.29, 1.82) is 5.41 Å². The molecule has 0 radical (unpaired) electrons. The van der Waals surface area contributed by atoms with Crippen LogP contribution in [0.5, 0.6) is 0 Å². The summed E-state index contributed by atoms with van der Waals surface area (Å²) in [4.78, 5) is 1.85. The van der Waals surface area contributed by atoms with E-state index in [1.807, 2.05) is 25.8 Å². The Hall–Kier alpha value is -1.69. The lowest BCUT2D eigenvalue weighted by molar-refractivity contribution is 0.290. The van der Waals surface area contributed by atoms with Gasteiger partial charge in [-0.1, -0.05) is 0 Å². The average molecular weight is 237 g/mol. The molecule has 0 saturated heterocycles. The SMILES string of the molecule is Cc1nnc(N(C)CCCO)c(C(=N)N)c1C. The van der Waals surface area contributed by atoms with Crippen molar-refractivity contribution in [3.8, 4) is 0 Å². The third-order valence-corrected chi connectivity index (χ3v) is 2.72. The van der Waals surface area contributed by atoms with Crippen LogP contribution in [-0.2, 0) is 0 Å². The molecule has 1 aromatic rings. The van der Waals surface area contributed by atoms with Crippen LogP contribution in [0.4, 0.5) is 5.82 Å². The van der Waals surface area contributed by atoms with Gasteiger partial charge in [-0.05, 0) is 25.8 Å². The maximum absolute atomic E-state index is 8.81. The number of anilines is 1. The summed E-state index contributed by atoms with van der Waals surface area (Å²) >= 11 is 0. The Bertz CT molecular complexity index is 419. The highest BCUT2D eigenvalue weighted by Gasteiger charge is 2.16. The van der Waals surface area contributed by atoms with Crippen molar-refractivity contribution < 1.29 is 5.11 Å². The Morgan fingerprint density at radius 2 is 2.06 bits per heavy atom. The molecule has 1 heterocycles. The fraction of sp³-hybridized carbons (Fsp3) is 0.545. The summed E-state index contributed by atoms with van der Waals surface area (Å²) in [5.74, 6) is 0.584. The molecule has 0 atom stereocenters. The molecule has 17 heavy (non-hydrogen) atoms. The molecule has 0 unspecified atom stereocenters. The Morgan fingerprint density at radius 3 is 2.59 bits per heavy atom. The van der Waals surface area contributed by atoms with Gasteiger partial charge >= 0.3 is 0 Å². The van der Waals surface area contributed by atoms with Gasteiger partial charge in [0.2, 0.25) is 0 Å². The molecule has 0 saturated carbocycles. The second-order valence-corrected chi connectivity index (χ2v) is 4.02. The predicted octanol–water partition coefficient (Wildman–Crippen LogP) is 0.196. The molecule has 0 aliphatic heterocycles. The van der Waals surface area contributed by atoms with Gasteiger partial charge in [0.05, 0.1) is 11.3 Å². The average Bonchev–Trinajstić information content (AvgIpc) is 2.28. The molecule has 1 aromatic heterocycles. The third-order valence-electron chi connectivity index (χ3n) is 2.72. The van der Waals surface area contributed by atoms with E-state index >= 15 is 0 Å². The quantitative estimate of drug-likeness (QED) is 0.501. The van der Waals surface area contributed by atoms with E-state index in [0.717, 1.165) is 11.3 Å². The zero-order valence-electron chi connectivity index (χ0n) is 10.5. The number of nitrogens with zero attached hydrogens (tertiary/aromatic N) is 3. The Labute approximate surface area is 101 Å². The van der Waals surface area contributed by atoms with Crippen molar-refractivity contribution in [3.63, 3.8) is 0 Å². The van der Waals surface area contributed by atoms with Gasteiger partial charge in [0.25, 0.3) is 0 Å². The van der Waals surface area contributed by atoms with Gasteiger partial charge < -0.3 is 15.7 Å². The lowest BCUT2D eigenvalue weighted by Crippen LogP contribution is -2.27. The van der Waals surface area contributed by atoms with Gasteiger partial charge in [0.1, 0.15) is 5.84 Å². The first-order valence-electron chi connectivity index (χ1n) is 5.49. The van der Waals surface area contributed by atoms with Gasteiger partial charge in [-0.3, -0.25) is 5.41 Å². The number of nitrogen functional groups attached to an aromatic ring is 1. The van der Waals surface area contributed by atoms with Crippen LogP contribution in [0.3, 0.4) is 0 Å². The van der Waals surface area contributed by atoms with Crippen molar-refractivity contribution in [1.82, 2.24) is 10.2 Å². The summed E-state index contributed by atoms with van der Waals surface area (Å²) in [5.41, 5.74) is 7.86. The van der Waals surface area contributed by atoms with E-state index in [2.05, 4.69) is 10.2 Å². The zero-order valence-corrected chi connectivity index (χ0v) is 10.5. The van der Waals surface area contributed by atoms with E-state index in [1.165, 1.54) is 0 Å². The van der Waals surface area contributed by atoms with Crippen molar-refractivity contribution in [2.75, 3.05) is 25.1 Å². The number of rotatable bonds is 5. The van der Waals surface area contributed by atoms with Gasteiger partial charge in [-0.15, -0.1) is 5.10 Å². The Morgan fingerprint density at radius 1 is 1.41 bits per heavy atom. The number of aryl methyl sites for hydroxylation is 1. The summed E-state index contributed by atoms with van der Waals surface area (Å²) in [7, 11) is 1.85. The topological polar surface area (TPSA) is 99.1 Å². The number of aliphatic hydroxyl groups is 1. The number of nitrogens with one attached hydrogen (secondary N) is 1. The molecule has 0 aromatic carbocycles. The molecule has 4 N–H and O–H groups in total. The number of amidine groups is 1. The van der Waals surface area contributed by atoms with Crippen LogP contribution in [0.15, 0.2) is 0 Å². The van der Waals surface area contributed by atoms with E-state index in [-0.39, 0.29) is 12.4 Å². The maximum Gasteiger partial charge on any atom is 0.162 e. The van der Waals surface area contributed by atoms with Crippen molar-refractivity contribution in [2.24, 2.45) is 5.73 Å². The lowest BCUT2D eigenvalue weighted by atomic mass is 10.1. The zero-order chi connectivity index (χ0) is 13.0. The fourth-order valence-electron chi connectivity index (χ4n) is 1.60. The molecule has 0 bridgehead atoms. The van der Waals surface area contributed by atoms with Crippen LogP contribution < -0.4 is 10.6 Å². The van der Waals surface area contributed by atoms with E-state index in [0.29, 0.717) is 24.3 Å². The monoisotopic (exact) mass is 237 g/mol. The molecule has 0 aliphatic rings. The molecule has 6 heteroatoms. The highest BCUT2D eigenvalue weighted by Crippen LogP contribution is 2.20. The minimum Gasteiger partial charge on any atom is -0.396 e. The van der Waals surface area contributed by atoms with Crippen LogP contribution >= 0.6 is 0 Å². The minimum atomic E-state index is -0.00801. The van der Waals surface area contributed by atoms with Crippen LogP contribution in [0.2, 0.25) is 0 Å². The number of aliphatic hydroxyl groups excluding tert-OH is 1. The van der Waals surface area contributed by atoms with E-state index in [9.17, 15) is 0 Å². The predicted molar refractivity (Wildman–Crippen MR) is 67.5 cm³/mol. The molecule has 94 valence electrons. The summed E-state index contributed by atoms with van der Waals surface area (Å²) in [6.07, 6.45) is 0.641. The van der Waals surface area contributed by atoms with E-state index in [4.69, 9.17) is 16.2 Å². The third kappa shape index (κ3) is 2.91. The molecular formula is C11H19N5O. The standard InChI is InChI=1S/C11H19N5O/c1-7-8(2)14-15-11(9(7)10(12)13)16(3)5-4-6-17/h17H,4-6H2,1-3H3,(H3,12,13). The largest absolute Gasteiger partial charge is 0.396 e. The maximum atomic E-state index is 8.81. The number of aromatic nitrogens is 2. The second kappa shape index (κ2) is 5.58. The van der Waals surface area contributed by atoms with Crippen molar-refractivity contribution in [3.05, 3.63) is 16.8 Å². The van der Waals surface area contributed by atoms with Gasteiger partial charge in [-0.25, -0.2) is 0 Å². The molecule has 0 amide bonds. The van der Waals surface area contributed by atoms with E-state index < -0.39 is 0 Å². The first-order valence-corrected chi connectivity index (χ1v) is 5.49. The molecular weight excluding hydrogens is 218 g/mol. The van der Waals surface area contributed by atoms with Crippen LogP contribution in [0.25, 0.3) is 0 Å². The fourth-order valence-corrected chi connectivity index (χ4v) is 1.60. The number of nitrogens with two attached hydrogens (primary N) is 1. The van der Waals surface area contributed by atoms with Gasteiger partial charge in [-0.2, -0.15) is 5.10 Å². The van der Waals surface area contributed by atoms with Gasteiger partial charge in [0.15, 0.2) is 5.82 Å². The first kappa shape index (κ1) is 13.4. The van der Waals surface area contributed by atoms with Crippen LogP contribution in [0.1, 0.15) is 23.2 Å². The van der Waals surface area contributed by atoms with Crippen LogP contribution in [-0.4, -0.2) is 41.3 Å². The highest BCUT2D eigenvalue weighted by molar-refractivity contribution is 6.01. The van der Waals surface area contributed by atoms with Crippen molar-refractivity contribution >= 4 is 11.7 Å². The highest BCUT2D eigenvalue weighted by atomic mass is 16.3. The normalized spacial score (nSPS) is 10.4. The van der Waals surface area contributed by atoms with E-state index in [1.54, 1.807) is 0 Å². The minimum absolute atomic E-state index is 0.00801. The van der Waals surface area contributed by atoms with Crippen LogP contribution in [0, 0.1) is 19.3 Å². The molecule has 1 rings (SSSR count). The molecule has 0 aliphatic carbocycles. The number of hydrogen-bond acceptors (Lipinski definition) is 5. The molecule has 0 spiro atoms. The first-order chi connectivity index (χ1) is 7.99. The second-order valence-electron chi connectivity index (χ2n) is 4.02. The Kier molecular flexibility index (Phi) is 4.39. The summed E-state index contributed by atoms with van der Waals surface area (Å²) in [6, 6.07) is 0. The lowest BCUT2D eigenvalue weighted by Gasteiger charge is -2.21. The van der Waals surface area contributed by atoms with Crippen molar-refractivity contribution in [2.45, 2.75) is 20.3 Å². The van der Waals surface area contributed by atoms with Gasteiger partial charge in [0, 0.05) is 20.2 Å². The number of hydrogen-bond donors (Lipinski definition) is 3. The summed E-state index contributed by atoms with van der Waals surface area (Å²) in [5, 5.41) is 24.6.